The highest BCUT2D eigenvalue weighted by Crippen LogP contribution is 2.19. The number of amides is 2. The number of nitrogens with zero attached hydrogens (tertiary/aromatic N) is 4. The second-order valence-corrected chi connectivity index (χ2v) is 6.01. The van der Waals surface area contributed by atoms with E-state index in [0.29, 0.717) is 13.0 Å². The highest BCUT2D eigenvalue weighted by Gasteiger charge is 2.33. The molecule has 1 aromatic heterocycles. The quantitative estimate of drug-likeness (QED) is 0.922. The molecule has 24 heavy (non-hydrogen) atoms. The first-order valence-electron chi connectivity index (χ1n) is 8.12. The van der Waals surface area contributed by atoms with E-state index < -0.39 is 6.04 Å². The lowest BCUT2D eigenvalue weighted by atomic mass is 10.0. The number of carbonyl (C=O) groups excluding carboxylic acids is 2. The third-order valence-electron chi connectivity index (χ3n) is 4.32. The van der Waals surface area contributed by atoms with E-state index >= 15 is 0 Å². The number of rotatable bonds is 3. The van der Waals surface area contributed by atoms with Crippen molar-refractivity contribution in [3.63, 3.8) is 0 Å². The van der Waals surface area contributed by atoms with Crippen LogP contribution in [0.2, 0.25) is 0 Å². The monoisotopic (exact) mass is 327 g/mol. The van der Waals surface area contributed by atoms with Gasteiger partial charge in [-0.15, -0.1) is 5.10 Å². The van der Waals surface area contributed by atoms with Crippen molar-refractivity contribution in [3.8, 4) is 5.69 Å². The van der Waals surface area contributed by atoms with Crippen LogP contribution in [0.5, 0.6) is 0 Å². The summed E-state index contributed by atoms with van der Waals surface area (Å²) in [5.41, 5.74) is 2.25. The fourth-order valence-corrected chi connectivity index (χ4v) is 2.95. The molecule has 0 bridgehead atoms. The fourth-order valence-electron chi connectivity index (χ4n) is 2.95. The predicted octanol–water partition coefficient (Wildman–Crippen LogP) is 1.32. The Hall–Kier alpha value is -2.70. The second kappa shape index (κ2) is 6.82. The van der Waals surface area contributed by atoms with E-state index in [2.05, 4.69) is 15.6 Å². The zero-order valence-corrected chi connectivity index (χ0v) is 13.9. The number of likely N-dealkylation sites (tertiary alicyclic amines) is 1. The first-order valence-corrected chi connectivity index (χ1v) is 8.12. The van der Waals surface area contributed by atoms with Gasteiger partial charge in [-0.25, -0.2) is 4.68 Å². The van der Waals surface area contributed by atoms with Crippen molar-refractivity contribution >= 4 is 11.8 Å². The molecule has 7 heteroatoms. The molecule has 1 aromatic carbocycles. The molecule has 2 amide bonds. The standard InChI is InChI=1S/C17H21N5O2/c1-12-6-8-13(9-7-12)22-11-14(19-20-22)17(24)21-10-4-3-5-15(21)16(23)18-2/h6-9,11,15H,3-5,10H2,1-2H3,(H,18,23). The van der Waals surface area contributed by atoms with Crippen LogP contribution in [0.25, 0.3) is 5.69 Å². The van der Waals surface area contributed by atoms with Gasteiger partial charge in [0.05, 0.1) is 11.9 Å². The topological polar surface area (TPSA) is 80.1 Å². The van der Waals surface area contributed by atoms with Crippen LogP contribution in [0, 0.1) is 6.92 Å². The van der Waals surface area contributed by atoms with Crippen molar-refractivity contribution in [1.29, 1.82) is 0 Å². The minimum Gasteiger partial charge on any atom is -0.357 e. The number of nitrogens with one attached hydrogen (secondary N) is 1. The van der Waals surface area contributed by atoms with Gasteiger partial charge in [0.2, 0.25) is 5.91 Å². The summed E-state index contributed by atoms with van der Waals surface area (Å²) in [6.07, 6.45) is 4.13. The van der Waals surface area contributed by atoms with Gasteiger partial charge >= 0.3 is 0 Å². The maximum atomic E-state index is 12.8. The Labute approximate surface area is 140 Å². The SMILES string of the molecule is CNC(=O)C1CCCCN1C(=O)c1cn(-c2ccc(C)cc2)nn1. The molecule has 0 saturated carbocycles. The van der Waals surface area contributed by atoms with E-state index in [-0.39, 0.29) is 17.5 Å². The van der Waals surface area contributed by atoms with Crippen LogP contribution in [0.1, 0.15) is 35.3 Å². The van der Waals surface area contributed by atoms with Crippen LogP contribution in [0.3, 0.4) is 0 Å². The number of hydrogen-bond acceptors (Lipinski definition) is 4. The Bertz CT molecular complexity index is 738. The van der Waals surface area contributed by atoms with Gasteiger partial charge in [0.15, 0.2) is 5.69 Å². The van der Waals surface area contributed by atoms with Gasteiger partial charge in [-0.1, -0.05) is 22.9 Å². The minimum atomic E-state index is -0.430. The number of hydrogen-bond donors (Lipinski definition) is 1. The first kappa shape index (κ1) is 16.2. The third kappa shape index (κ3) is 3.15. The van der Waals surface area contributed by atoms with E-state index in [1.165, 1.54) is 0 Å². The van der Waals surface area contributed by atoms with Gasteiger partial charge in [-0.05, 0) is 38.3 Å². The normalized spacial score (nSPS) is 17.6. The van der Waals surface area contributed by atoms with E-state index in [0.717, 1.165) is 24.1 Å². The smallest absolute Gasteiger partial charge is 0.276 e. The Kier molecular flexibility index (Phi) is 4.59. The summed E-state index contributed by atoms with van der Waals surface area (Å²) in [6, 6.07) is 7.37. The molecule has 3 rings (SSSR count). The van der Waals surface area contributed by atoms with Gasteiger partial charge < -0.3 is 10.2 Å². The Morgan fingerprint density at radius 3 is 2.67 bits per heavy atom. The molecule has 1 aliphatic heterocycles. The van der Waals surface area contributed by atoms with Crippen molar-refractivity contribution < 1.29 is 9.59 Å². The summed E-state index contributed by atoms with van der Waals surface area (Å²) in [5.74, 6) is -0.379. The molecule has 1 saturated heterocycles. The molecule has 1 unspecified atom stereocenters. The molecule has 1 fully saturated rings. The van der Waals surface area contributed by atoms with Gasteiger partial charge in [0, 0.05) is 13.6 Å². The zero-order chi connectivity index (χ0) is 17.1. The number of benzene rings is 1. The molecular weight excluding hydrogens is 306 g/mol. The predicted molar refractivity (Wildman–Crippen MR) is 88.8 cm³/mol. The molecular formula is C17H21N5O2. The molecule has 2 heterocycles. The Morgan fingerprint density at radius 1 is 1.21 bits per heavy atom. The number of likely N-dealkylation sites (N-methyl/N-ethyl adjacent to an activating group) is 1. The van der Waals surface area contributed by atoms with E-state index in [9.17, 15) is 9.59 Å². The van der Waals surface area contributed by atoms with Crippen molar-refractivity contribution in [1.82, 2.24) is 25.2 Å². The van der Waals surface area contributed by atoms with Crippen LogP contribution in [-0.2, 0) is 4.79 Å². The molecule has 0 spiro atoms. The van der Waals surface area contributed by atoms with Crippen LogP contribution < -0.4 is 5.32 Å². The largest absolute Gasteiger partial charge is 0.357 e. The maximum absolute atomic E-state index is 12.8. The molecule has 1 N–H and O–H groups in total. The zero-order valence-electron chi connectivity index (χ0n) is 13.9. The van der Waals surface area contributed by atoms with Gasteiger partial charge in [0.1, 0.15) is 6.04 Å². The summed E-state index contributed by atoms with van der Waals surface area (Å²) in [5, 5.41) is 10.7. The van der Waals surface area contributed by atoms with Crippen molar-refractivity contribution in [2.24, 2.45) is 0 Å². The second-order valence-electron chi connectivity index (χ2n) is 6.01. The van der Waals surface area contributed by atoms with Crippen LogP contribution in [0.15, 0.2) is 30.5 Å². The molecule has 0 aliphatic carbocycles. The van der Waals surface area contributed by atoms with Crippen molar-refractivity contribution in [2.75, 3.05) is 13.6 Å². The first-order chi connectivity index (χ1) is 11.6. The van der Waals surface area contributed by atoms with Crippen LogP contribution in [0.4, 0.5) is 0 Å². The van der Waals surface area contributed by atoms with E-state index in [1.54, 1.807) is 22.8 Å². The van der Waals surface area contributed by atoms with E-state index in [1.807, 2.05) is 31.2 Å². The van der Waals surface area contributed by atoms with Crippen molar-refractivity contribution in [2.45, 2.75) is 32.2 Å². The number of aromatic nitrogens is 3. The van der Waals surface area contributed by atoms with Gasteiger partial charge in [-0.3, -0.25) is 9.59 Å². The maximum Gasteiger partial charge on any atom is 0.276 e. The lowest BCUT2D eigenvalue weighted by molar-refractivity contribution is -0.126. The molecule has 2 aromatic rings. The lowest BCUT2D eigenvalue weighted by Gasteiger charge is -2.33. The fraction of sp³-hybridized carbons (Fsp3) is 0.412. The number of aryl methyl sites for hydroxylation is 1. The average molecular weight is 327 g/mol. The summed E-state index contributed by atoms with van der Waals surface area (Å²) < 4.78 is 1.57. The average Bonchev–Trinajstić information content (AvgIpc) is 3.11. The Balaban J connectivity index is 1.82. The highest BCUT2D eigenvalue weighted by atomic mass is 16.2. The Morgan fingerprint density at radius 2 is 1.96 bits per heavy atom. The van der Waals surface area contributed by atoms with Crippen LogP contribution >= 0.6 is 0 Å². The highest BCUT2D eigenvalue weighted by molar-refractivity contribution is 5.96. The molecule has 126 valence electrons. The van der Waals surface area contributed by atoms with Crippen LogP contribution in [-0.4, -0.2) is 51.3 Å². The number of carbonyl (C=O) groups is 2. The molecule has 0 radical (unpaired) electrons. The molecule has 1 aliphatic rings. The van der Waals surface area contributed by atoms with Gasteiger partial charge in [-0.2, -0.15) is 0 Å². The third-order valence-corrected chi connectivity index (χ3v) is 4.32. The molecule has 7 nitrogen and oxygen atoms in total. The van der Waals surface area contributed by atoms with Gasteiger partial charge in [0.25, 0.3) is 5.91 Å². The summed E-state index contributed by atoms with van der Waals surface area (Å²) >= 11 is 0. The molecule has 1 atom stereocenters. The summed E-state index contributed by atoms with van der Waals surface area (Å²) in [7, 11) is 1.59. The van der Waals surface area contributed by atoms with E-state index in [4.69, 9.17) is 0 Å². The summed E-state index contributed by atoms with van der Waals surface area (Å²) in [6.45, 7) is 2.57. The van der Waals surface area contributed by atoms with Crippen molar-refractivity contribution in [3.05, 3.63) is 41.7 Å². The lowest BCUT2D eigenvalue weighted by Crippen LogP contribution is -2.51. The number of piperidine rings is 1. The summed E-state index contributed by atoms with van der Waals surface area (Å²) in [4.78, 5) is 26.4. The minimum absolute atomic E-state index is 0.131.